The molecule has 0 radical (unpaired) electrons. The number of rotatable bonds is 7. The molecule has 0 aromatic carbocycles. The number of H-pyrrole nitrogens is 1. The Kier molecular flexibility index (Phi) is 5.87. The second-order valence-electron chi connectivity index (χ2n) is 9.10. The summed E-state index contributed by atoms with van der Waals surface area (Å²) in [7, 11) is -4.09. The largest absolute Gasteiger partial charge is 0.388 e. The van der Waals surface area contributed by atoms with E-state index in [2.05, 4.69) is 9.97 Å². The highest BCUT2D eigenvalue weighted by Gasteiger charge is 2.59. The normalized spacial score (nSPS) is 33.7. The number of aliphatic hydroxyl groups is 2. The van der Waals surface area contributed by atoms with Gasteiger partial charge in [0.05, 0.1) is 18.3 Å². The summed E-state index contributed by atoms with van der Waals surface area (Å²) in [6, 6.07) is 5.19. The van der Waals surface area contributed by atoms with Crippen LogP contribution < -0.4 is 5.56 Å². The van der Waals surface area contributed by atoms with E-state index in [4.69, 9.17) is 14.0 Å². The number of epoxide rings is 1. The maximum absolute atomic E-state index is 12.7. The minimum Gasteiger partial charge on any atom is -0.388 e. The molecule has 0 amide bonds. The van der Waals surface area contributed by atoms with Gasteiger partial charge in [0.1, 0.15) is 24.0 Å². The molecule has 7 atom stereocenters. The van der Waals surface area contributed by atoms with Gasteiger partial charge in [-0.1, -0.05) is 6.92 Å². The van der Waals surface area contributed by atoms with Crippen molar-refractivity contribution in [1.29, 1.82) is 0 Å². The predicted molar refractivity (Wildman–Crippen MR) is 115 cm³/mol. The minimum atomic E-state index is -4.09. The average molecular weight is 468 g/mol. The first-order valence-electron chi connectivity index (χ1n) is 10.6. The van der Waals surface area contributed by atoms with Gasteiger partial charge < -0.3 is 34.1 Å². The number of ether oxygens (including phenoxy) is 2. The summed E-state index contributed by atoms with van der Waals surface area (Å²) in [6.45, 7) is 6.88. The van der Waals surface area contributed by atoms with E-state index in [1.165, 1.54) is 6.92 Å². The Morgan fingerprint density at radius 1 is 1.38 bits per heavy atom. The number of aromatic nitrogens is 2. The van der Waals surface area contributed by atoms with Gasteiger partial charge in [-0.3, -0.25) is 9.36 Å². The van der Waals surface area contributed by atoms with Crippen molar-refractivity contribution in [2.75, 3.05) is 6.61 Å². The first kappa shape index (κ1) is 23.5. The number of pyridine rings is 2. The molecule has 0 saturated carbocycles. The number of aryl methyl sites for hydroxylation is 1. The Morgan fingerprint density at radius 3 is 2.69 bits per heavy atom. The smallest absolute Gasteiger partial charge is 0.362 e. The van der Waals surface area contributed by atoms with Gasteiger partial charge in [-0.2, -0.15) is 0 Å². The highest BCUT2D eigenvalue weighted by Crippen LogP contribution is 2.65. The number of nitrogens with zero attached hydrogens (tertiary/aromatic N) is 1. The summed E-state index contributed by atoms with van der Waals surface area (Å²) in [5.74, 6) is 0. The third-order valence-electron chi connectivity index (χ3n) is 6.42. The van der Waals surface area contributed by atoms with Crippen LogP contribution in [-0.2, 0) is 18.6 Å². The average Bonchev–Trinajstić information content (AvgIpc) is 3.43. The lowest BCUT2D eigenvalue weighted by molar-refractivity contribution is -0.0483. The molecule has 0 bridgehead atoms. The topological polar surface area (TPSA) is 154 Å². The van der Waals surface area contributed by atoms with E-state index < -0.39 is 48.5 Å². The maximum Gasteiger partial charge on any atom is 0.362 e. The van der Waals surface area contributed by atoms with Crippen LogP contribution in [0.1, 0.15) is 51.0 Å². The van der Waals surface area contributed by atoms with Crippen LogP contribution in [0.2, 0.25) is 0 Å². The predicted octanol–water partition coefficient (Wildman–Crippen LogP) is 1.90. The molecule has 2 aromatic heterocycles. The van der Waals surface area contributed by atoms with Crippen LogP contribution in [0.3, 0.4) is 0 Å². The summed E-state index contributed by atoms with van der Waals surface area (Å²) in [6.07, 6.45) is -4.28. The lowest BCUT2D eigenvalue weighted by Gasteiger charge is -2.34. The van der Waals surface area contributed by atoms with Crippen LogP contribution in [0, 0.1) is 6.92 Å². The Labute approximate surface area is 185 Å². The Morgan fingerprint density at radius 2 is 2.06 bits per heavy atom. The van der Waals surface area contributed by atoms with E-state index in [9.17, 15) is 24.5 Å². The molecule has 0 aliphatic carbocycles. The van der Waals surface area contributed by atoms with E-state index in [1.807, 2.05) is 6.92 Å². The number of nitrogens with one attached hydrogen (secondary N) is 1. The van der Waals surface area contributed by atoms with Crippen LogP contribution >= 0.6 is 7.60 Å². The van der Waals surface area contributed by atoms with Crippen LogP contribution in [0.15, 0.2) is 23.0 Å². The fourth-order valence-electron chi connectivity index (χ4n) is 3.92. The molecule has 32 heavy (non-hydrogen) atoms. The van der Waals surface area contributed by atoms with E-state index >= 15 is 0 Å². The quantitative estimate of drug-likeness (QED) is 0.352. The highest BCUT2D eigenvalue weighted by atomic mass is 31.2. The Hall–Kier alpha value is -1.65. The molecule has 7 unspecified atom stereocenters. The number of hydrogen-bond acceptors (Lipinski definition) is 8. The van der Waals surface area contributed by atoms with Gasteiger partial charge >= 0.3 is 7.60 Å². The molecule has 176 valence electrons. The van der Waals surface area contributed by atoms with Gasteiger partial charge in [0.2, 0.25) is 0 Å². The van der Waals surface area contributed by atoms with Gasteiger partial charge in [-0.25, -0.2) is 4.98 Å². The summed E-state index contributed by atoms with van der Waals surface area (Å²) >= 11 is 0. The summed E-state index contributed by atoms with van der Waals surface area (Å²) < 4.78 is 29.3. The SMILES string of the molecule is CCC(C)(CC1OC(c2cc3ccc(C)nc3[nH]c2=O)C(O)C1O)OP(=O)(O)C1(C)CO1. The van der Waals surface area contributed by atoms with Crippen molar-refractivity contribution in [3.8, 4) is 0 Å². The van der Waals surface area contributed by atoms with Crippen molar-refractivity contribution in [3.05, 3.63) is 39.8 Å². The molecule has 11 heteroatoms. The second kappa shape index (κ2) is 7.99. The number of hydrogen-bond donors (Lipinski definition) is 4. The number of aliphatic hydroxyl groups excluding tert-OH is 2. The van der Waals surface area contributed by atoms with Crippen LogP contribution in [0.4, 0.5) is 0 Å². The third kappa shape index (κ3) is 4.17. The first-order chi connectivity index (χ1) is 14.9. The van der Waals surface area contributed by atoms with E-state index in [0.29, 0.717) is 17.5 Å². The molecule has 4 N–H and O–H groups in total. The molecular formula is C21H29N2O8P. The molecule has 2 aliphatic rings. The molecule has 4 heterocycles. The van der Waals surface area contributed by atoms with Crippen LogP contribution in [0.25, 0.3) is 11.0 Å². The van der Waals surface area contributed by atoms with Crippen LogP contribution in [-0.4, -0.2) is 60.9 Å². The van der Waals surface area contributed by atoms with Gasteiger partial charge in [0, 0.05) is 23.1 Å². The molecule has 2 aromatic rings. The minimum absolute atomic E-state index is 0.0328. The summed E-state index contributed by atoms with van der Waals surface area (Å²) in [5.41, 5.74) is -0.260. The van der Waals surface area contributed by atoms with Crippen molar-refractivity contribution in [2.24, 2.45) is 0 Å². The van der Waals surface area contributed by atoms with Crippen molar-refractivity contribution < 1.29 is 33.7 Å². The third-order valence-corrected chi connectivity index (χ3v) is 8.57. The fraction of sp³-hybridized carbons (Fsp3) is 0.619. The lowest BCUT2D eigenvalue weighted by Crippen LogP contribution is -2.39. The zero-order valence-electron chi connectivity index (χ0n) is 18.4. The second-order valence-corrected chi connectivity index (χ2v) is 11.3. The first-order valence-corrected chi connectivity index (χ1v) is 12.2. The highest BCUT2D eigenvalue weighted by molar-refractivity contribution is 7.54. The molecule has 2 saturated heterocycles. The lowest BCUT2D eigenvalue weighted by atomic mass is 9.92. The van der Waals surface area contributed by atoms with Gasteiger partial charge in [-0.15, -0.1) is 0 Å². The Bertz CT molecular complexity index is 1130. The maximum atomic E-state index is 12.7. The number of fused-ring (bicyclic) bond motifs is 1. The number of aromatic amines is 1. The molecule has 4 rings (SSSR count). The molecular weight excluding hydrogens is 439 g/mol. The standard InChI is InChI=1S/C21H29N2O8P/c1-5-20(3,31-32(27,28)21(4)10-29-21)9-14-15(24)16(25)17(30-14)13-8-12-7-6-11(2)22-18(12)23-19(13)26/h6-8,14-17,24-25H,5,9-10H2,1-4H3,(H,27,28)(H,22,23,26). The molecule has 2 fully saturated rings. The zero-order valence-corrected chi connectivity index (χ0v) is 19.3. The monoisotopic (exact) mass is 468 g/mol. The fourth-order valence-corrected chi connectivity index (χ4v) is 5.30. The summed E-state index contributed by atoms with van der Waals surface area (Å²) in [5, 5.41) is 20.7. The molecule has 10 nitrogen and oxygen atoms in total. The summed E-state index contributed by atoms with van der Waals surface area (Å²) in [4.78, 5) is 30.0. The van der Waals surface area contributed by atoms with Crippen molar-refractivity contribution in [1.82, 2.24) is 9.97 Å². The zero-order chi connectivity index (χ0) is 23.5. The van der Waals surface area contributed by atoms with E-state index in [1.54, 1.807) is 32.0 Å². The van der Waals surface area contributed by atoms with Crippen molar-refractivity contribution in [2.45, 2.75) is 75.9 Å². The van der Waals surface area contributed by atoms with E-state index in [0.717, 1.165) is 5.69 Å². The van der Waals surface area contributed by atoms with Gasteiger partial charge in [-0.05, 0) is 45.4 Å². The van der Waals surface area contributed by atoms with Gasteiger partial charge in [0.15, 0.2) is 5.34 Å². The molecule has 2 aliphatic heterocycles. The van der Waals surface area contributed by atoms with Crippen LogP contribution in [0.5, 0.6) is 0 Å². The molecule has 0 spiro atoms. The van der Waals surface area contributed by atoms with E-state index in [-0.39, 0.29) is 18.6 Å². The van der Waals surface area contributed by atoms with Crippen molar-refractivity contribution >= 4 is 18.6 Å². The van der Waals surface area contributed by atoms with Gasteiger partial charge in [0.25, 0.3) is 5.56 Å². The van der Waals surface area contributed by atoms with Crippen molar-refractivity contribution in [3.63, 3.8) is 0 Å². The Balaban J connectivity index is 1.57.